The molecule has 6 heteroatoms. The maximum Gasteiger partial charge on any atom is 0.183 e. The lowest BCUT2D eigenvalue weighted by molar-refractivity contribution is 0.554. The van der Waals surface area contributed by atoms with Crippen LogP contribution < -0.4 is 5.32 Å². The molecule has 0 unspecified atom stereocenters. The maximum atomic E-state index is 5.44. The molecule has 0 bridgehead atoms. The zero-order valence-corrected chi connectivity index (χ0v) is 12.0. The molecule has 92 valence electrons. The van der Waals surface area contributed by atoms with Crippen LogP contribution in [0.1, 0.15) is 18.4 Å². The second-order valence-corrected chi connectivity index (χ2v) is 5.41. The van der Waals surface area contributed by atoms with E-state index in [2.05, 4.69) is 38.4 Å². The van der Waals surface area contributed by atoms with E-state index >= 15 is 0 Å². The molecule has 0 saturated heterocycles. The van der Waals surface area contributed by atoms with Crippen molar-refractivity contribution in [3.63, 3.8) is 0 Å². The minimum Gasteiger partial charge on any atom is -0.447 e. The summed E-state index contributed by atoms with van der Waals surface area (Å²) in [5.74, 6) is 0.771. The van der Waals surface area contributed by atoms with Crippen LogP contribution in [0.5, 0.6) is 0 Å². The van der Waals surface area contributed by atoms with Crippen molar-refractivity contribution in [1.82, 2.24) is 15.5 Å². The summed E-state index contributed by atoms with van der Waals surface area (Å²) in [6, 6.07) is 3.76. The Morgan fingerprint density at radius 3 is 3.00 bits per heavy atom. The molecule has 0 spiro atoms. The van der Waals surface area contributed by atoms with Crippen LogP contribution in [0.25, 0.3) is 10.8 Å². The lowest BCUT2D eigenvalue weighted by Crippen LogP contribution is -2.14. The molecular formula is C11H14BrN3OS. The van der Waals surface area contributed by atoms with Gasteiger partial charge in [-0.1, -0.05) is 18.3 Å². The van der Waals surface area contributed by atoms with Crippen LogP contribution in [-0.2, 0) is 6.42 Å². The third-order valence-corrected chi connectivity index (χ3v) is 3.67. The number of nitrogens with one attached hydrogen (secondary N) is 1. The lowest BCUT2D eigenvalue weighted by atomic mass is 10.3. The van der Waals surface area contributed by atoms with E-state index < -0.39 is 0 Å². The molecule has 2 rings (SSSR count). The Morgan fingerprint density at radius 1 is 1.41 bits per heavy atom. The highest BCUT2D eigenvalue weighted by Gasteiger charge is 2.09. The first-order valence-corrected chi connectivity index (χ1v) is 7.19. The number of hydrogen-bond acceptors (Lipinski definition) is 5. The molecular weight excluding hydrogens is 302 g/mol. The molecule has 1 N–H and O–H groups in total. The fourth-order valence-electron chi connectivity index (χ4n) is 1.42. The third kappa shape index (κ3) is 3.62. The van der Waals surface area contributed by atoms with Gasteiger partial charge in [0.1, 0.15) is 5.01 Å². The van der Waals surface area contributed by atoms with Crippen molar-refractivity contribution >= 4 is 27.3 Å². The largest absolute Gasteiger partial charge is 0.447 e. The number of aromatic nitrogens is 2. The third-order valence-electron chi connectivity index (χ3n) is 2.25. The fourth-order valence-corrected chi connectivity index (χ4v) is 2.57. The number of furan rings is 1. The van der Waals surface area contributed by atoms with Gasteiger partial charge >= 0.3 is 0 Å². The summed E-state index contributed by atoms with van der Waals surface area (Å²) in [5.41, 5.74) is 0. The molecule has 0 aliphatic carbocycles. The van der Waals surface area contributed by atoms with Crippen LogP contribution in [-0.4, -0.2) is 23.3 Å². The smallest absolute Gasteiger partial charge is 0.183 e. The highest BCUT2D eigenvalue weighted by Crippen LogP contribution is 2.27. The second-order valence-electron chi connectivity index (χ2n) is 3.56. The molecule has 4 nitrogen and oxygen atoms in total. The van der Waals surface area contributed by atoms with Gasteiger partial charge in [0.15, 0.2) is 15.4 Å². The number of nitrogens with zero attached hydrogens (tertiary/aromatic N) is 2. The van der Waals surface area contributed by atoms with Gasteiger partial charge in [-0.05, 0) is 47.6 Å². The van der Waals surface area contributed by atoms with Crippen LogP contribution in [0, 0.1) is 0 Å². The maximum absolute atomic E-state index is 5.44. The lowest BCUT2D eigenvalue weighted by Gasteiger charge is -1.97. The number of halogens is 1. The second kappa shape index (κ2) is 6.28. The summed E-state index contributed by atoms with van der Waals surface area (Å²) in [6.45, 7) is 4.15. The Morgan fingerprint density at radius 2 is 2.29 bits per heavy atom. The van der Waals surface area contributed by atoms with Crippen molar-refractivity contribution in [2.45, 2.75) is 19.8 Å². The van der Waals surface area contributed by atoms with E-state index in [-0.39, 0.29) is 0 Å². The van der Waals surface area contributed by atoms with Crippen molar-refractivity contribution in [2.75, 3.05) is 13.1 Å². The van der Waals surface area contributed by atoms with Gasteiger partial charge in [-0.15, -0.1) is 10.2 Å². The zero-order valence-electron chi connectivity index (χ0n) is 9.57. The fraction of sp³-hybridized carbons (Fsp3) is 0.455. The van der Waals surface area contributed by atoms with Gasteiger partial charge in [0.2, 0.25) is 0 Å². The van der Waals surface area contributed by atoms with Gasteiger partial charge in [0, 0.05) is 6.42 Å². The topological polar surface area (TPSA) is 51.0 Å². The van der Waals surface area contributed by atoms with Gasteiger partial charge in [-0.3, -0.25) is 0 Å². The van der Waals surface area contributed by atoms with Crippen molar-refractivity contribution in [2.24, 2.45) is 0 Å². The number of rotatable bonds is 6. The van der Waals surface area contributed by atoms with E-state index in [0.29, 0.717) is 0 Å². The van der Waals surface area contributed by atoms with E-state index in [4.69, 9.17) is 4.42 Å². The van der Waals surface area contributed by atoms with E-state index in [1.165, 1.54) is 0 Å². The Balaban J connectivity index is 1.92. The van der Waals surface area contributed by atoms with E-state index in [0.717, 1.165) is 46.4 Å². The Kier molecular flexibility index (Phi) is 4.70. The Hall–Kier alpha value is -0.720. The van der Waals surface area contributed by atoms with Crippen LogP contribution in [0.2, 0.25) is 0 Å². The molecule has 17 heavy (non-hydrogen) atoms. The molecule has 0 saturated carbocycles. The molecule has 0 fully saturated rings. The molecule has 2 aromatic heterocycles. The van der Waals surface area contributed by atoms with Crippen molar-refractivity contribution in [3.8, 4) is 10.8 Å². The molecule has 0 radical (unpaired) electrons. The van der Waals surface area contributed by atoms with Crippen LogP contribution in [0.4, 0.5) is 0 Å². The summed E-state index contributed by atoms with van der Waals surface area (Å²) < 4.78 is 6.16. The Bertz CT molecular complexity index is 469. The first-order chi connectivity index (χ1) is 8.29. The van der Waals surface area contributed by atoms with Crippen molar-refractivity contribution < 1.29 is 4.42 Å². The van der Waals surface area contributed by atoms with Crippen LogP contribution in [0.3, 0.4) is 0 Å². The SMILES string of the molecule is CCNCCCc1nnc(-c2ccc(Br)o2)s1. The minimum atomic E-state index is 0.719. The van der Waals surface area contributed by atoms with Gasteiger partial charge in [0.25, 0.3) is 0 Å². The first-order valence-electron chi connectivity index (χ1n) is 5.58. The van der Waals surface area contributed by atoms with Crippen molar-refractivity contribution in [3.05, 3.63) is 21.8 Å². The molecule has 2 heterocycles. The highest BCUT2D eigenvalue weighted by molar-refractivity contribution is 9.10. The minimum absolute atomic E-state index is 0.719. The quantitative estimate of drug-likeness (QED) is 0.832. The van der Waals surface area contributed by atoms with Gasteiger partial charge in [-0.2, -0.15) is 0 Å². The average molecular weight is 316 g/mol. The van der Waals surface area contributed by atoms with Gasteiger partial charge in [0.05, 0.1) is 0 Å². The molecule has 0 aliphatic rings. The van der Waals surface area contributed by atoms with Gasteiger partial charge in [-0.25, -0.2) is 0 Å². The molecule has 0 aliphatic heterocycles. The molecule has 2 aromatic rings. The normalized spacial score (nSPS) is 10.9. The molecule has 0 aromatic carbocycles. The van der Waals surface area contributed by atoms with Crippen molar-refractivity contribution in [1.29, 1.82) is 0 Å². The monoisotopic (exact) mass is 315 g/mol. The highest BCUT2D eigenvalue weighted by atomic mass is 79.9. The molecule has 0 atom stereocenters. The van der Waals surface area contributed by atoms with Gasteiger partial charge < -0.3 is 9.73 Å². The predicted molar refractivity (Wildman–Crippen MR) is 72.2 cm³/mol. The summed E-state index contributed by atoms with van der Waals surface area (Å²) in [7, 11) is 0. The zero-order chi connectivity index (χ0) is 12.1. The standard InChI is InChI=1S/C11H14BrN3OS/c1-2-13-7-3-4-10-14-15-11(17-10)8-5-6-9(12)16-8/h5-6,13H,2-4,7H2,1H3. The Labute approximate surface area is 113 Å². The number of hydrogen-bond donors (Lipinski definition) is 1. The molecule has 0 amide bonds. The summed E-state index contributed by atoms with van der Waals surface area (Å²) in [4.78, 5) is 0. The van der Waals surface area contributed by atoms with E-state index in [1.54, 1.807) is 11.3 Å². The van der Waals surface area contributed by atoms with Crippen LogP contribution >= 0.6 is 27.3 Å². The summed E-state index contributed by atoms with van der Waals surface area (Å²) >= 11 is 4.87. The average Bonchev–Trinajstić information content (AvgIpc) is 2.93. The predicted octanol–water partition coefficient (Wildman–Crippen LogP) is 3.10. The summed E-state index contributed by atoms with van der Waals surface area (Å²) in [5, 5.41) is 13.5. The van der Waals surface area contributed by atoms with Crippen LogP contribution in [0.15, 0.2) is 21.2 Å². The van der Waals surface area contributed by atoms with E-state index in [9.17, 15) is 0 Å². The van der Waals surface area contributed by atoms with E-state index in [1.807, 2.05) is 12.1 Å². The number of aryl methyl sites for hydroxylation is 1. The first kappa shape index (κ1) is 12.7. The summed E-state index contributed by atoms with van der Waals surface area (Å²) in [6.07, 6.45) is 2.05.